The molecule has 0 bridgehead atoms. The summed E-state index contributed by atoms with van der Waals surface area (Å²) in [6, 6.07) is 13.9. The zero-order valence-electron chi connectivity index (χ0n) is 13.4. The number of nitrogens with zero attached hydrogens (tertiary/aromatic N) is 1. The average molecular weight is 326 g/mol. The van der Waals surface area contributed by atoms with E-state index >= 15 is 0 Å². The molecular formula is C18H18N2O4. The molecule has 1 amide bonds. The van der Waals surface area contributed by atoms with E-state index in [1.54, 1.807) is 36.4 Å². The Morgan fingerprint density at radius 3 is 2.33 bits per heavy atom. The molecule has 0 aliphatic heterocycles. The standard InChI is InChI=1S/C18H18N2O4/c1-12-3-7-15(8-4-12)17(21)20-19-11-14-5-9-16(10-6-14)24-13(2)18(22)23/h3-11,13H,1-2H3,(H,20,21)(H,22,23)/b19-11-/t13-/m1/s1. The van der Waals surface area contributed by atoms with Crippen molar-refractivity contribution in [3.63, 3.8) is 0 Å². The first-order chi connectivity index (χ1) is 11.5. The molecule has 1 atom stereocenters. The lowest BCUT2D eigenvalue weighted by Crippen LogP contribution is -2.22. The fourth-order valence-corrected chi connectivity index (χ4v) is 1.82. The number of carboxylic acid groups (broad SMARTS) is 1. The molecule has 0 saturated carbocycles. The van der Waals surface area contributed by atoms with Crippen molar-refractivity contribution < 1.29 is 19.4 Å². The second-order valence-electron chi connectivity index (χ2n) is 5.23. The van der Waals surface area contributed by atoms with Crippen LogP contribution in [0.15, 0.2) is 53.6 Å². The zero-order valence-corrected chi connectivity index (χ0v) is 13.4. The third-order valence-corrected chi connectivity index (χ3v) is 3.23. The van der Waals surface area contributed by atoms with Gasteiger partial charge in [0.2, 0.25) is 0 Å². The maximum Gasteiger partial charge on any atom is 0.344 e. The molecule has 2 N–H and O–H groups in total. The van der Waals surface area contributed by atoms with Gasteiger partial charge in [0.25, 0.3) is 5.91 Å². The number of hydrogen-bond donors (Lipinski definition) is 2. The van der Waals surface area contributed by atoms with E-state index in [1.165, 1.54) is 13.1 Å². The molecule has 2 rings (SSSR count). The van der Waals surface area contributed by atoms with Gasteiger partial charge in [-0.15, -0.1) is 0 Å². The number of nitrogens with one attached hydrogen (secondary N) is 1. The minimum atomic E-state index is -1.03. The van der Waals surface area contributed by atoms with E-state index in [2.05, 4.69) is 10.5 Å². The summed E-state index contributed by atoms with van der Waals surface area (Å²) in [4.78, 5) is 22.6. The normalized spacial score (nSPS) is 11.9. The van der Waals surface area contributed by atoms with Crippen LogP contribution in [0, 0.1) is 6.92 Å². The Balaban J connectivity index is 1.91. The highest BCUT2D eigenvalue weighted by molar-refractivity contribution is 5.94. The van der Waals surface area contributed by atoms with Gasteiger partial charge in [0.1, 0.15) is 5.75 Å². The minimum Gasteiger partial charge on any atom is -0.479 e. The molecule has 0 aromatic heterocycles. The van der Waals surface area contributed by atoms with E-state index in [4.69, 9.17) is 9.84 Å². The van der Waals surface area contributed by atoms with Gasteiger partial charge in [-0.25, -0.2) is 10.2 Å². The largest absolute Gasteiger partial charge is 0.479 e. The van der Waals surface area contributed by atoms with Crippen molar-refractivity contribution in [2.45, 2.75) is 20.0 Å². The van der Waals surface area contributed by atoms with Crippen LogP contribution in [0.3, 0.4) is 0 Å². The predicted molar refractivity (Wildman–Crippen MR) is 90.4 cm³/mol. The van der Waals surface area contributed by atoms with Gasteiger partial charge in [0, 0.05) is 5.56 Å². The van der Waals surface area contributed by atoms with Gasteiger partial charge in [-0.3, -0.25) is 4.79 Å². The van der Waals surface area contributed by atoms with Gasteiger partial charge in [0.05, 0.1) is 6.21 Å². The maximum atomic E-state index is 11.9. The van der Waals surface area contributed by atoms with Crippen LogP contribution in [0.1, 0.15) is 28.4 Å². The van der Waals surface area contributed by atoms with E-state index in [0.717, 1.165) is 11.1 Å². The highest BCUT2D eigenvalue weighted by Gasteiger charge is 2.11. The summed E-state index contributed by atoms with van der Waals surface area (Å²) in [6.07, 6.45) is 0.578. The lowest BCUT2D eigenvalue weighted by Gasteiger charge is -2.09. The van der Waals surface area contributed by atoms with Crippen molar-refractivity contribution in [3.05, 3.63) is 65.2 Å². The van der Waals surface area contributed by atoms with Gasteiger partial charge in [-0.1, -0.05) is 17.7 Å². The van der Waals surface area contributed by atoms with Crippen molar-refractivity contribution in [2.75, 3.05) is 0 Å². The van der Waals surface area contributed by atoms with Gasteiger partial charge < -0.3 is 9.84 Å². The Morgan fingerprint density at radius 2 is 1.75 bits per heavy atom. The lowest BCUT2D eigenvalue weighted by molar-refractivity contribution is -0.144. The highest BCUT2D eigenvalue weighted by atomic mass is 16.5. The summed E-state index contributed by atoms with van der Waals surface area (Å²) in [6.45, 7) is 3.41. The molecule has 2 aromatic carbocycles. The molecule has 0 aliphatic carbocycles. The lowest BCUT2D eigenvalue weighted by atomic mass is 10.1. The van der Waals surface area contributed by atoms with Gasteiger partial charge in [-0.2, -0.15) is 5.10 Å². The summed E-state index contributed by atoms with van der Waals surface area (Å²) >= 11 is 0. The van der Waals surface area contributed by atoms with Crippen LogP contribution in [-0.4, -0.2) is 29.3 Å². The van der Waals surface area contributed by atoms with Crippen molar-refractivity contribution in [3.8, 4) is 5.75 Å². The Bertz CT molecular complexity index is 737. The number of amides is 1. The summed E-state index contributed by atoms with van der Waals surface area (Å²) < 4.78 is 5.23. The van der Waals surface area contributed by atoms with Crippen LogP contribution < -0.4 is 10.2 Å². The van der Waals surface area contributed by atoms with Crippen LogP contribution >= 0.6 is 0 Å². The van der Waals surface area contributed by atoms with E-state index in [-0.39, 0.29) is 5.91 Å². The number of benzene rings is 2. The zero-order chi connectivity index (χ0) is 17.5. The fourth-order valence-electron chi connectivity index (χ4n) is 1.82. The molecule has 0 heterocycles. The van der Waals surface area contributed by atoms with Gasteiger partial charge in [-0.05, 0) is 55.8 Å². The average Bonchev–Trinajstić information content (AvgIpc) is 2.56. The van der Waals surface area contributed by atoms with E-state index < -0.39 is 12.1 Å². The van der Waals surface area contributed by atoms with Crippen molar-refractivity contribution >= 4 is 18.1 Å². The molecule has 124 valence electrons. The third kappa shape index (κ3) is 4.95. The predicted octanol–water partition coefficient (Wildman–Crippen LogP) is 2.61. The van der Waals surface area contributed by atoms with E-state index in [0.29, 0.717) is 11.3 Å². The number of rotatable bonds is 6. The van der Waals surface area contributed by atoms with Crippen LogP contribution in [0.25, 0.3) is 0 Å². The summed E-state index contributed by atoms with van der Waals surface area (Å²) in [5, 5.41) is 12.7. The quantitative estimate of drug-likeness (QED) is 0.631. The molecule has 6 heteroatoms. The SMILES string of the molecule is Cc1ccc(C(=O)N/N=C\c2ccc(O[C@H](C)C(=O)O)cc2)cc1. The number of hydrazone groups is 1. The van der Waals surface area contributed by atoms with Crippen LogP contribution in [0.5, 0.6) is 5.75 Å². The van der Waals surface area contributed by atoms with E-state index in [9.17, 15) is 9.59 Å². The smallest absolute Gasteiger partial charge is 0.344 e. The summed E-state index contributed by atoms with van der Waals surface area (Å²) in [7, 11) is 0. The Kier molecular flexibility index (Phi) is 5.68. The molecule has 6 nitrogen and oxygen atoms in total. The van der Waals surface area contributed by atoms with Crippen molar-refractivity contribution in [2.24, 2.45) is 5.10 Å². The first-order valence-electron chi connectivity index (χ1n) is 7.35. The Hall–Kier alpha value is -3.15. The molecule has 0 unspecified atom stereocenters. The molecule has 0 fully saturated rings. The topological polar surface area (TPSA) is 88.0 Å². The number of aliphatic carboxylic acids is 1. The van der Waals surface area contributed by atoms with Crippen molar-refractivity contribution in [1.29, 1.82) is 0 Å². The van der Waals surface area contributed by atoms with Crippen LogP contribution in [0.2, 0.25) is 0 Å². The number of carbonyl (C=O) groups is 2. The Morgan fingerprint density at radius 1 is 1.12 bits per heavy atom. The maximum absolute atomic E-state index is 11.9. The first-order valence-corrected chi connectivity index (χ1v) is 7.35. The summed E-state index contributed by atoms with van der Waals surface area (Å²) in [5.74, 6) is -0.869. The molecular weight excluding hydrogens is 308 g/mol. The number of ether oxygens (including phenoxy) is 1. The molecule has 0 saturated heterocycles. The number of hydrogen-bond acceptors (Lipinski definition) is 4. The van der Waals surface area contributed by atoms with Crippen LogP contribution in [-0.2, 0) is 4.79 Å². The number of carbonyl (C=O) groups excluding carboxylic acids is 1. The second-order valence-corrected chi connectivity index (χ2v) is 5.23. The molecule has 24 heavy (non-hydrogen) atoms. The minimum absolute atomic E-state index is 0.290. The third-order valence-electron chi connectivity index (χ3n) is 3.23. The van der Waals surface area contributed by atoms with Crippen LogP contribution in [0.4, 0.5) is 0 Å². The highest BCUT2D eigenvalue weighted by Crippen LogP contribution is 2.13. The van der Waals surface area contributed by atoms with Gasteiger partial charge in [0.15, 0.2) is 6.10 Å². The monoisotopic (exact) mass is 326 g/mol. The summed E-state index contributed by atoms with van der Waals surface area (Å²) in [5.41, 5.74) is 4.81. The van der Waals surface area contributed by atoms with E-state index in [1.807, 2.05) is 19.1 Å². The molecule has 0 radical (unpaired) electrons. The first kappa shape index (κ1) is 17.2. The number of carboxylic acids is 1. The molecule has 0 spiro atoms. The molecule has 2 aromatic rings. The number of aryl methyl sites for hydroxylation is 1. The Labute approximate surface area is 139 Å². The molecule has 0 aliphatic rings. The van der Waals surface area contributed by atoms with Gasteiger partial charge >= 0.3 is 5.97 Å². The second kappa shape index (κ2) is 7.92. The van der Waals surface area contributed by atoms with Crippen molar-refractivity contribution in [1.82, 2.24) is 5.43 Å². The fraction of sp³-hybridized carbons (Fsp3) is 0.167.